The number of thiophene rings is 1. The third-order valence-electron chi connectivity index (χ3n) is 4.14. The maximum absolute atomic E-state index is 12.5. The summed E-state index contributed by atoms with van der Waals surface area (Å²) in [5.41, 5.74) is 1.55. The summed E-state index contributed by atoms with van der Waals surface area (Å²) in [5, 5.41) is 3.24. The fourth-order valence-electron chi connectivity index (χ4n) is 2.89. The molecule has 2 aliphatic rings. The smallest absolute Gasteiger partial charge is 0.279 e. The number of carbonyl (C=O) groups is 1. The van der Waals surface area contributed by atoms with E-state index in [1.54, 1.807) is 23.3 Å². The molecule has 2 aromatic rings. The molecule has 3 heterocycles. The van der Waals surface area contributed by atoms with Gasteiger partial charge < -0.3 is 9.64 Å². The Labute approximate surface area is 138 Å². The van der Waals surface area contributed by atoms with Crippen LogP contribution >= 0.6 is 11.3 Å². The first-order chi connectivity index (χ1) is 11.2. The molecule has 1 saturated heterocycles. The van der Waals surface area contributed by atoms with Crippen molar-refractivity contribution in [2.75, 3.05) is 33.4 Å². The lowest BCUT2D eigenvalue weighted by Gasteiger charge is -2.30. The average Bonchev–Trinajstić information content (AvgIpc) is 3.13. The average molecular weight is 327 g/mol. The van der Waals surface area contributed by atoms with Crippen LogP contribution in [0.2, 0.25) is 0 Å². The van der Waals surface area contributed by atoms with E-state index in [1.165, 1.54) is 4.70 Å². The zero-order chi connectivity index (χ0) is 15.8. The van der Waals surface area contributed by atoms with Gasteiger partial charge >= 0.3 is 0 Å². The number of amides is 1. The molecular weight excluding hydrogens is 310 g/mol. The number of nitrogens with zero attached hydrogens (tertiary/aromatic N) is 3. The SMILES string of the molecule is CN1C(=O)/C(=C/c2csc3ccccc23)N=C1N1CCOCC1. The van der Waals surface area contributed by atoms with Gasteiger partial charge in [-0.3, -0.25) is 9.69 Å². The highest BCUT2D eigenvalue weighted by Crippen LogP contribution is 2.29. The van der Waals surface area contributed by atoms with Crippen LogP contribution in [-0.4, -0.2) is 55.0 Å². The zero-order valence-corrected chi connectivity index (χ0v) is 13.7. The first-order valence-electron chi connectivity index (χ1n) is 7.61. The van der Waals surface area contributed by atoms with E-state index in [4.69, 9.17) is 4.74 Å². The van der Waals surface area contributed by atoms with Crippen LogP contribution in [0.4, 0.5) is 0 Å². The molecule has 0 saturated carbocycles. The van der Waals surface area contributed by atoms with Crippen molar-refractivity contribution in [1.29, 1.82) is 0 Å². The molecular formula is C17H17N3O2S. The van der Waals surface area contributed by atoms with Crippen LogP contribution in [0.5, 0.6) is 0 Å². The van der Waals surface area contributed by atoms with Crippen LogP contribution in [0.25, 0.3) is 16.2 Å². The van der Waals surface area contributed by atoms with Crippen molar-refractivity contribution in [3.63, 3.8) is 0 Å². The second-order valence-electron chi connectivity index (χ2n) is 5.59. The van der Waals surface area contributed by atoms with Gasteiger partial charge in [0.2, 0.25) is 5.96 Å². The van der Waals surface area contributed by atoms with Crippen molar-refractivity contribution in [3.8, 4) is 0 Å². The third-order valence-corrected chi connectivity index (χ3v) is 5.12. The molecule has 6 heteroatoms. The third kappa shape index (κ3) is 2.54. The van der Waals surface area contributed by atoms with Crippen LogP contribution in [0, 0.1) is 0 Å². The van der Waals surface area contributed by atoms with Crippen LogP contribution in [0.15, 0.2) is 40.3 Å². The lowest BCUT2D eigenvalue weighted by atomic mass is 10.1. The number of carbonyl (C=O) groups excluding carboxylic acids is 1. The van der Waals surface area contributed by atoms with Gasteiger partial charge in [-0.15, -0.1) is 11.3 Å². The standard InChI is InChI=1S/C17H17N3O2S/c1-19-16(21)14(18-17(19)20-6-8-22-9-7-20)10-12-11-23-15-5-3-2-4-13(12)15/h2-5,10-11H,6-9H2,1H3/b14-10-. The topological polar surface area (TPSA) is 45.1 Å². The van der Waals surface area contributed by atoms with Gasteiger partial charge in [0.25, 0.3) is 5.91 Å². The minimum atomic E-state index is -0.0539. The van der Waals surface area contributed by atoms with Crippen molar-refractivity contribution in [2.24, 2.45) is 4.99 Å². The van der Waals surface area contributed by atoms with E-state index >= 15 is 0 Å². The minimum Gasteiger partial charge on any atom is -0.378 e. The molecule has 0 spiro atoms. The van der Waals surface area contributed by atoms with E-state index < -0.39 is 0 Å². The Balaban J connectivity index is 1.70. The lowest BCUT2D eigenvalue weighted by Crippen LogP contribution is -2.47. The molecule has 5 nitrogen and oxygen atoms in total. The number of ether oxygens (including phenoxy) is 1. The van der Waals surface area contributed by atoms with Gasteiger partial charge in [-0.1, -0.05) is 18.2 Å². The quantitative estimate of drug-likeness (QED) is 0.756. The number of fused-ring (bicyclic) bond motifs is 1. The van der Waals surface area contributed by atoms with Crippen molar-refractivity contribution < 1.29 is 9.53 Å². The number of guanidine groups is 1. The Kier molecular flexibility index (Phi) is 3.63. The van der Waals surface area contributed by atoms with Gasteiger partial charge in [0, 0.05) is 24.8 Å². The summed E-state index contributed by atoms with van der Waals surface area (Å²) in [6.45, 7) is 2.89. The van der Waals surface area contributed by atoms with E-state index in [1.807, 2.05) is 18.2 Å². The first-order valence-corrected chi connectivity index (χ1v) is 8.49. The van der Waals surface area contributed by atoms with Crippen molar-refractivity contribution in [3.05, 3.63) is 40.9 Å². The van der Waals surface area contributed by atoms with E-state index in [2.05, 4.69) is 27.4 Å². The maximum atomic E-state index is 12.5. The molecule has 1 amide bonds. The molecule has 1 aromatic carbocycles. The molecule has 0 unspecified atom stereocenters. The highest BCUT2D eigenvalue weighted by molar-refractivity contribution is 7.17. The molecule has 118 valence electrons. The minimum absolute atomic E-state index is 0.0539. The summed E-state index contributed by atoms with van der Waals surface area (Å²) in [4.78, 5) is 20.8. The number of likely N-dealkylation sites (N-methyl/N-ethyl adjacent to an activating group) is 1. The van der Waals surface area contributed by atoms with Gasteiger partial charge in [-0.05, 0) is 28.5 Å². The van der Waals surface area contributed by atoms with Crippen molar-refractivity contribution in [2.45, 2.75) is 0 Å². The molecule has 2 aliphatic heterocycles. The maximum Gasteiger partial charge on any atom is 0.279 e. The predicted molar refractivity (Wildman–Crippen MR) is 92.4 cm³/mol. The molecule has 0 atom stereocenters. The largest absolute Gasteiger partial charge is 0.378 e. The number of hydrogen-bond donors (Lipinski definition) is 0. The monoisotopic (exact) mass is 327 g/mol. The zero-order valence-electron chi connectivity index (χ0n) is 12.9. The van der Waals surface area contributed by atoms with Crippen molar-refractivity contribution >= 4 is 39.4 Å². The summed E-state index contributed by atoms with van der Waals surface area (Å²) in [6.07, 6.45) is 1.89. The predicted octanol–water partition coefficient (Wildman–Crippen LogP) is 2.40. The Bertz CT molecular complexity index is 818. The van der Waals surface area contributed by atoms with Crippen LogP contribution < -0.4 is 0 Å². The molecule has 1 fully saturated rings. The summed E-state index contributed by atoms with van der Waals surface area (Å²) in [7, 11) is 1.78. The summed E-state index contributed by atoms with van der Waals surface area (Å²) < 4.78 is 6.59. The number of hydrogen-bond acceptors (Lipinski definition) is 5. The van der Waals surface area contributed by atoms with Crippen molar-refractivity contribution in [1.82, 2.24) is 9.80 Å². The Morgan fingerprint density at radius 2 is 2.04 bits per heavy atom. The van der Waals surface area contributed by atoms with Gasteiger partial charge in [0.15, 0.2) is 0 Å². The first kappa shape index (κ1) is 14.4. The normalized spacial score (nSPS) is 20.7. The number of morpholine rings is 1. The van der Waals surface area contributed by atoms with Crippen LogP contribution in [-0.2, 0) is 9.53 Å². The van der Waals surface area contributed by atoms with E-state index in [0.29, 0.717) is 18.9 Å². The highest BCUT2D eigenvalue weighted by atomic mass is 32.1. The van der Waals surface area contributed by atoms with Gasteiger partial charge in [-0.2, -0.15) is 0 Å². The molecule has 0 radical (unpaired) electrons. The second kappa shape index (κ2) is 5.79. The fraction of sp³-hybridized carbons (Fsp3) is 0.294. The number of aliphatic imine (C=N–C) groups is 1. The summed E-state index contributed by atoms with van der Waals surface area (Å²) >= 11 is 1.68. The van der Waals surface area contributed by atoms with Crippen LogP contribution in [0.3, 0.4) is 0 Å². The molecule has 0 N–H and O–H groups in total. The molecule has 4 rings (SSSR count). The Morgan fingerprint density at radius 3 is 2.87 bits per heavy atom. The van der Waals surface area contributed by atoms with Crippen LogP contribution in [0.1, 0.15) is 5.56 Å². The lowest BCUT2D eigenvalue weighted by molar-refractivity contribution is -0.122. The molecule has 0 aliphatic carbocycles. The van der Waals surface area contributed by atoms with Gasteiger partial charge in [0.1, 0.15) is 5.70 Å². The van der Waals surface area contributed by atoms with E-state index in [-0.39, 0.29) is 5.91 Å². The Morgan fingerprint density at radius 1 is 1.26 bits per heavy atom. The number of rotatable bonds is 1. The number of benzene rings is 1. The molecule has 1 aromatic heterocycles. The summed E-state index contributed by atoms with van der Waals surface area (Å²) in [6, 6.07) is 8.21. The van der Waals surface area contributed by atoms with Gasteiger partial charge in [-0.25, -0.2) is 4.99 Å². The second-order valence-corrected chi connectivity index (χ2v) is 6.50. The van der Waals surface area contributed by atoms with E-state index in [9.17, 15) is 4.79 Å². The summed E-state index contributed by atoms with van der Waals surface area (Å²) in [5.74, 6) is 0.672. The molecule has 0 bridgehead atoms. The van der Waals surface area contributed by atoms with Gasteiger partial charge in [0.05, 0.1) is 13.2 Å². The fourth-order valence-corrected chi connectivity index (χ4v) is 3.81. The Hall–Kier alpha value is -2.18. The molecule has 23 heavy (non-hydrogen) atoms. The highest BCUT2D eigenvalue weighted by Gasteiger charge is 2.31. The van der Waals surface area contributed by atoms with E-state index in [0.717, 1.165) is 30.0 Å².